The Balaban J connectivity index is 1.38. The molecule has 1 saturated carbocycles. The maximum absolute atomic E-state index is 13.0. The Morgan fingerprint density at radius 1 is 0.972 bits per heavy atom. The molecule has 1 aliphatic carbocycles. The molecule has 2 N–H and O–H groups in total. The number of likely N-dealkylation sites (tertiary alicyclic amines) is 1. The lowest BCUT2D eigenvalue weighted by Gasteiger charge is -2.26. The van der Waals surface area contributed by atoms with Gasteiger partial charge >= 0.3 is 6.18 Å². The minimum atomic E-state index is -4.56. The van der Waals surface area contributed by atoms with Crippen LogP contribution in [0.3, 0.4) is 0 Å². The Kier molecular flexibility index (Phi) is 6.86. The molecule has 1 heterocycles. The Morgan fingerprint density at radius 3 is 2.14 bits per heavy atom. The van der Waals surface area contributed by atoms with Gasteiger partial charge in [-0.25, -0.2) is 0 Å². The second-order valence-electron chi connectivity index (χ2n) is 9.92. The van der Waals surface area contributed by atoms with E-state index in [1.165, 1.54) is 12.1 Å². The largest absolute Gasteiger partial charge is 0.416 e. The number of carbonyl (C=O) groups excluding carboxylic acids is 3. The Bertz CT molecular complexity index is 1150. The van der Waals surface area contributed by atoms with Crippen molar-refractivity contribution < 1.29 is 27.6 Å². The third-order valence-electron chi connectivity index (χ3n) is 7.18. The monoisotopic (exact) mass is 501 g/mol. The van der Waals surface area contributed by atoms with E-state index in [1.807, 2.05) is 18.7 Å². The first-order valence-corrected chi connectivity index (χ1v) is 12.1. The van der Waals surface area contributed by atoms with Gasteiger partial charge in [0.25, 0.3) is 11.8 Å². The van der Waals surface area contributed by atoms with Crippen molar-refractivity contribution in [3.8, 4) is 0 Å². The van der Waals surface area contributed by atoms with Crippen molar-refractivity contribution in [3.05, 3.63) is 70.8 Å². The third kappa shape index (κ3) is 5.24. The highest BCUT2D eigenvalue weighted by Gasteiger charge is 2.51. The van der Waals surface area contributed by atoms with Crippen molar-refractivity contribution in [2.75, 3.05) is 0 Å². The predicted molar refractivity (Wildman–Crippen MR) is 128 cm³/mol. The number of rotatable bonds is 6. The van der Waals surface area contributed by atoms with Crippen molar-refractivity contribution >= 4 is 17.7 Å². The SMILES string of the molecule is CC1CCC(C)N1C(=O)c1ccc([C@@H](C)NC(=O)C2(NC(=O)c3cccc(C(F)(F)F)c3)CC2)cc1. The van der Waals surface area contributed by atoms with Crippen LogP contribution in [0.25, 0.3) is 0 Å². The lowest BCUT2D eigenvalue weighted by molar-refractivity contribution is -0.137. The normalized spacial score (nSPS) is 21.6. The first-order chi connectivity index (χ1) is 16.9. The zero-order valence-corrected chi connectivity index (χ0v) is 20.5. The first kappa shape index (κ1) is 25.7. The summed E-state index contributed by atoms with van der Waals surface area (Å²) in [4.78, 5) is 40.4. The highest BCUT2D eigenvalue weighted by molar-refractivity contribution is 6.01. The molecule has 2 aliphatic rings. The number of halogens is 3. The molecule has 2 unspecified atom stereocenters. The molecule has 1 aliphatic heterocycles. The maximum atomic E-state index is 13.0. The summed E-state index contributed by atoms with van der Waals surface area (Å²) < 4.78 is 38.9. The molecular weight excluding hydrogens is 471 g/mol. The van der Waals surface area contributed by atoms with Gasteiger partial charge in [-0.15, -0.1) is 0 Å². The summed E-state index contributed by atoms with van der Waals surface area (Å²) in [7, 11) is 0. The fourth-order valence-electron chi connectivity index (χ4n) is 4.74. The van der Waals surface area contributed by atoms with Gasteiger partial charge in [0.15, 0.2) is 0 Å². The van der Waals surface area contributed by atoms with E-state index in [-0.39, 0.29) is 23.6 Å². The molecule has 2 fully saturated rings. The first-order valence-electron chi connectivity index (χ1n) is 12.1. The van der Waals surface area contributed by atoms with Gasteiger partial charge in [-0.3, -0.25) is 14.4 Å². The third-order valence-corrected chi connectivity index (χ3v) is 7.18. The topological polar surface area (TPSA) is 78.5 Å². The second kappa shape index (κ2) is 9.59. The van der Waals surface area contributed by atoms with Crippen LogP contribution in [0.1, 0.15) is 84.3 Å². The summed E-state index contributed by atoms with van der Waals surface area (Å²) >= 11 is 0. The molecule has 6 nitrogen and oxygen atoms in total. The number of nitrogens with zero attached hydrogens (tertiary/aromatic N) is 1. The van der Waals surface area contributed by atoms with Gasteiger partial charge in [0, 0.05) is 23.2 Å². The van der Waals surface area contributed by atoms with Crippen LogP contribution in [0.5, 0.6) is 0 Å². The molecule has 4 rings (SSSR count). The number of hydrogen-bond donors (Lipinski definition) is 2. The predicted octanol–water partition coefficient (Wildman–Crippen LogP) is 4.86. The molecule has 0 radical (unpaired) electrons. The van der Waals surface area contributed by atoms with Crippen LogP contribution in [-0.4, -0.2) is 40.2 Å². The van der Waals surface area contributed by atoms with E-state index in [1.54, 1.807) is 31.2 Å². The van der Waals surface area contributed by atoms with Gasteiger partial charge in [-0.05, 0) is 82.3 Å². The van der Waals surface area contributed by atoms with Crippen LogP contribution < -0.4 is 10.6 Å². The average molecular weight is 502 g/mol. The second-order valence-corrected chi connectivity index (χ2v) is 9.92. The summed E-state index contributed by atoms with van der Waals surface area (Å²) in [6.45, 7) is 5.89. The summed E-state index contributed by atoms with van der Waals surface area (Å²) in [6.07, 6.45) is -1.79. The molecule has 0 spiro atoms. The van der Waals surface area contributed by atoms with Gasteiger partial charge in [-0.2, -0.15) is 13.2 Å². The van der Waals surface area contributed by atoms with E-state index in [0.717, 1.165) is 30.5 Å². The van der Waals surface area contributed by atoms with E-state index in [9.17, 15) is 27.6 Å². The van der Waals surface area contributed by atoms with Gasteiger partial charge < -0.3 is 15.5 Å². The van der Waals surface area contributed by atoms with Crippen LogP contribution in [0.15, 0.2) is 48.5 Å². The molecule has 2 aromatic rings. The standard InChI is InChI=1S/C27H30F3N3O3/c1-16-7-8-17(2)33(16)24(35)20-11-9-19(10-12-20)18(3)31-25(36)26(13-14-26)32-23(34)21-5-4-6-22(15-21)27(28,29)30/h4-6,9-12,15-18H,7-8,13-14H2,1-3H3,(H,31,36)(H,32,34)/t16?,17?,18-/m1/s1. The number of benzene rings is 2. The van der Waals surface area contributed by atoms with Crippen LogP contribution in [0.2, 0.25) is 0 Å². The summed E-state index contributed by atoms with van der Waals surface area (Å²) in [5.41, 5.74) is -0.836. The van der Waals surface area contributed by atoms with Crippen LogP contribution in [0, 0.1) is 0 Å². The minimum Gasteiger partial charge on any atom is -0.348 e. The van der Waals surface area contributed by atoms with Gasteiger partial charge in [0.1, 0.15) is 5.54 Å². The fraction of sp³-hybridized carbons (Fsp3) is 0.444. The molecule has 192 valence electrons. The summed E-state index contributed by atoms with van der Waals surface area (Å²) in [5, 5.41) is 5.49. The number of hydrogen-bond acceptors (Lipinski definition) is 3. The molecule has 2 aromatic carbocycles. The van der Waals surface area contributed by atoms with E-state index in [4.69, 9.17) is 0 Å². The van der Waals surface area contributed by atoms with E-state index < -0.39 is 35.1 Å². The number of nitrogens with one attached hydrogen (secondary N) is 2. The van der Waals surface area contributed by atoms with Crippen LogP contribution in [0.4, 0.5) is 13.2 Å². The minimum absolute atomic E-state index is 0.00928. The van der Waals surface area contributed by atoms with E-state index in [0.29, 0.717) is 18.4 Å². The lowest BCUT2D eigenvalue weighted by Crippen LogP contribution is -2.49. The zero-order valence-electron chi connectivity index (χ0n) is 20.5. The Hall–Kier alpha value is -3.36. The molecular formula is C27H30F3N3O3. The van der Waals surface area contributed by atoms with Crippen molar-refractivity contribution in [1.29, 1.82) is 0 Å². The Labute approximate surface area is 208 Å². The van der Waals surface area contributed by atoms with Crippen LogP contribution >= 0.6 is 0 Å². The fourth-order valence-corrected chi connectivity index (χ4v) is 4.74. The van der Waals surface area contributed by atoms with Gasteiger partial charge in [-0.1, -0.05) is 18.2 Å². The Morgan fingerprint density at radius 2 is 1.58 bits per heavy atom. The van der Waals surface area contributed by atoms with Crippen LogP contribution in [-0.2, 0) is 11.0 Å². The van der Waals surface area contributed by atoms with E-state index in [2.05, 4.69) is 10.6 Å². The van der Waals surface area contributed by atoms with Gasteiger partial charge in [0.05, 0.1) is 11.6 Å². The number of alkyl halides is 3. The average Bonchev–Trinajstić information content (AvgIpc) is 3.55. The van der Waals surface area contributed by atoms with Crippen molar-refractivity contribution in [1.82, 2.24) is 15.5 Å². The quantitative estimate of drug-likeness (QED) is 0.594. The smallest absolute Gasteiger partial charge is 0.348 e. The number of carbonyl (C=O) groups is 3. The highest BCUT2D eigenvalue weighted by Crippen LogP contribution is 2.37. The van der Waals surface area contributed by atoms with Crippen molar-refractivity contribution in [2.45, 2.75) is 76.3 Å². The maximum Gasteiger partial charge on any atom is 0.416 e. The number of amides is 3. The lowest BCUT2D eigenvalue weighted by atomic mass is 10.0. The molecule has 0 aromatic heterocycles. The molecule has 3 atom stereocenters. The highest BCUT2D eigenvalue weighted by atomic mass is 19.4. The van der Waals surface area contributed by atoms with E-state index >= 15 is 0 Å². The summed E-state index contributed by atoms with van der Waals surface area (Å²) in [5.74, 6) is -1.13. The molecule has 1 saturated heterocycles. The molecule has 3 amide bonds. The van der Waals surface area contributed by atoms with Gasteiger partial charge in [0.2, 0.25) is 5.91 Å². The van der Waals surface area contributed by atoms with Crippen molar-refractivity contribution in [2.24, 2.45) is 0 Å². The molecule has 36 heavy (non-hydrogen) atoms. The molecule has 0 bridgehead atoms. The zero-order chi connectivity index (χ0) is 26.3. The van der Waals surface area contributed by atoms with Crippen molar-refractivity contribution in [3.63, 3.8) is 0 Å². The molecule has 9 heteroatoms. The summed E-state index contributed by atoms with van der Waals surface area (Å²) in [6, 6.07) is 11.2.